The second-order valence-electron chi connectivity index (χ2n) is 8.42. The van der Waals surface area contributed by atoms with E-state index in [0.717, 1.165) is 51.1 Å². The highest BCUT2D eigenvalue weighted by molar-refractivity contribution is 6.02. The Balaban J connectivity index is 1.42. The number of ether oxygens (including phenoxy) is 4. The first kappa shape index (κ1) is 26.2. The lowest BCUT2D eigenvalue weighted by Gasteiger charge is -2.31. The van der Waals surface area contributed by atoms with E-state index in [0.29, 0.717) is 22.9 Å². The van der Waals surface area contributed by atoms with E-state index in [1.165, 1.54) is 26.9 Å². The van der Waals surface area contributed by atoms with E-state index in [4.69, 9.17) is 18.9 Å². The van der Waals surface area contributed by atoms with E-state index in [-0.39, 0.29) is 11.8 Å². The molecular formula is C26H35N3O6. The first-order chi connectivity index (χ1) is 17.0. The van der Waals surface area contributed by atoms with E-state index in [1.54, 1.807) is 19.2 Å². The number of anilines is 1. The van der Waals surface area contributed by atoms with Crippen LogP contribution in [0.5, 0.6) is 23.0 Å². The number of likely N-dealkylation sites (tertiary alicyclic amines) is 1. The average Bonchev–Trinajstić information content (AvgIpc) is 2.88. The number of carbonyl (C=O) groups is 2. The van der Waals surface area contributed by atoms with Crippen LogP contribution >= 0.6 is 0 Å². The third-order valence-corrected chi connectivity index (χ3v) is 6.22. The summed E-state index contributed by atoms with van der Waals surface area (Å²) in [6, 6.07) is 10.8. The standard InChI is InChI=1S/C26H35N3O6/c1-32-21-9-7-18(8-10-21)6-5-13-29-14-11-19(12-15-29)25(30)28-26(31)27-20-16-22(33-2)24(35-4)23(17-20)34-3/h7-10,16-17,19H,5-6,11-15H2,1-4H3,(H2,27,28,30,31). The fourth-order valence-corrected chi connectivity index (χ4v) is 4.25. The second kappa shape index (κ2) is 12.9. The Hall–Kier alpha value is -3.46. The average molecular weight is 486 g/mol. The summed E-state index contributed by atoms with van der Waals surface area (Å²) in [5.41, 5.74) is 1.72. The number of nitrogens with one attached hydrogen (secondary N) is 2. The lowest BCUT2D eigenvalue weighted by molar-refractivity contribution is -0.125. The van der Waals surface area contributed by atoms with Crippen molar-refractivity contribution < 1.29 is 28.5 Å². The van der Waals surface area contributed by atoms with Gasteiger partial charge in [0.25, 0.3) is 0 Å². The molecule has 2 aromatic carbocycles. The van der Waals surface area contributed by atoms with Crippen LogP contribution in [-0.4, -0.2) is 64.9 Å². The van der Waals surface area contributed by atoms with Gasteiger partial charge in [0.1, 0.15) is 5.75 Å². The summed E-state index contributed by atoms with van der Waals surface area (Å²) in [4.78, 5) is 27.4. The number of methoxy groups -OCH3 is 4. The number of piperidine rings is 1. The van der Waals surface area contributed by atoms with Gasteiger partial charge in [-0.3, -0.25) is 10.1 Å². The van der Waals surface area contributed by atoms with E-state index >= 15 is 0 Å². The molecule has 1 aliphatic heterocycles. The monoisotopic (exact) mass is 485 g/mol. The third-order valence-electron chi connectivity index (χ3n) is 6.22. The summed E-state index contributed by atoms with van der Waals surface area (Å²) in [5.74, 6) is 1.67. The number of amides is 3. The molecule has 3 rings (SSSR count). The topological polar surface area (TPSA) is 98.4 Å². The molecule has 0 atom stereocenters. The van der Waals surface area contributed by atoms with Crippen molar-refractivity contribution in [3.63, 3.8) is 0 Å². The Morgan fingerprint density at radius 2 is 1.54 bits per heavy atom. The second-order valence-corrected chi connectivity index (χ2v) is 8.42. The largest absolute Gasteiger partial charge is 0.497 e. The highest BCUT2D eigenvalue weighted by Crippen LogP contribution is 2.39. The molecule has 0 aliphatic carbocycles. The van der Waals surface area contributed by atoms with Crippen LogP contribution in [0.15, 0.2) is 36.4 Å². The smallest absolute Gasteiger partial charge is 0.325 e. The normalized spacial score (nSPS) is 14.2. The number of benzene rings is 2. The minimum Gasteiger partial charge on any atom is -0.497 e. The molecule has 1 saturated heterocycles. The molecule has 0 unspecified atom stereocenters. The molecule has 0 aromatic heterocycles. The zero-order chi connectivity index (χ0) is 25.2. The molecule has 0 radical (unpaired) electrons. The van der Waals surface area contributed by atoms with E-state index < -0.39 is 6.03 Å². The molecule has 9 heteroatoms. The molecular weight excluding hydrogens is 450 g/mol. The number of hydrogen-bond donors (Lipinski definition) is 2. The highest BCUT2D eigenvalue weighted by atomic mass is 16.5. The highest BCUT2D eigenvalue weighted by Gasteiger charge is 2.26. The van der Waals surface area contributed by atoms with Crippen molar-refractivity contribution in [3.8, 4) is 23.0 Å². The van der Waals surface area contributed by atoms with Crippen molar-refractivity contribution in [1.29, 1.82) is 0 Å². The summed E-state index contributed by atoms with van der Waals surface area (Å²) >= 11 is 0. The van der Waals surface area contributed by atoms with Gasteiger partial charge in [-0.2, -0.15) is 0 Å². The lowest BCUT2D eigenvalue weighted by atomic mass is 9.95. The zero-order valence-electron chi connectivity index (χ0n) is 20.9. The van der Waals surface area contributed by atoms with Gasteiger partial charge in [-0.15, -0.1) is 0 Å². The molecule has 0 saturated carbocycles. The summed E-state index contributed by atoms with van der Waals surface area (Å²) in [7, 11) is 6.17. The first-order valence-corrected chi connectivity index (χ1v) is 11.7. The van der Waals surface area contributed by atoms with Gasteiger partial charge in [0, 0.05) is 18.1 Å². The van der Waals surface area contributed by atoms with Crippen LogP contribution in [0.4, 0.5) is 10.5 Å². The fourth-order valence-electron chi connectivity index (χ4n) is 4.25. The third kappa shape index (κ3) is 7.26. The molecule has 1 fully saturated rings. The molecule has 0 spiro atoms. The first-order valence-electron chi connectivity index (χ1n) is 11.7. The number of carbonyl (C=O) groups excluding carboxylic acids is 2. The summed E-state index contributed by atoms with van der Waals surface area (Å²) in [6.07, 6.45) is 3.52. The van der Waals surface area contributed by atoms with Crippen molar-refractivity contribution >= 4 is 17.6 Å². The van der Waals surface area contributed by atoms with Crippen LogP contribution in [0.1, 0.15) is 24.8 Å². The number of nitrogens with zero attached hydrogens (tertiary/aromatic N) is 1. The Labute approximate surface area is 206 Å². The van der Waals surface area contributed by atoms with E-state index in [2.05, 4.69) is 27.7 Å². The number of hydrogen-bond acceptors (Lipinski definition) is 7. The van der Waals surface area contributed by atoms with Crippen LogP contribution in [0, 0.1) is 5.92 Å². The minimum absolute atomic E-state index is 0.182. The number of rotatable bonds is 10. The van der Waals surface area contributed by atoms with Gasteiger partial charge >= 0.3 is 6.03 Å². The molecule has 2 aromatic rings. The van der Waals surface area contributed by atoms with Crippen LogP contribution in [0.2, 0.25) is 0 Å². The molecule has 2 N–H and O–H groups in total. The number of urea groups is 1. The molecule has 1 aliphatic rings. The molecule has 0 bridgehead atoms. The van der Waals surface area contributed by atoms with Crippen LogP contribution in [-0.2, 0) is 11.2 Å². The van der Waals surface area contributed by atoms with Gasteiger partial charge in [-0.05, 0) is 63.0 Å². The maximum atomic E-state index is 12.6. The molecule has 35 heavy (non-hydrogen) atoms. The molecule has 9 nitrogen and oxygen atoms in total. The number of imide groups is 1. The van der Waals surface area contributed by atoms with E-state index in [1.807, 2.05) is 12.1 Å². The van der Waals surface area contributed by atoms with Crippen molar-refractivity contribution in [2.24, 2.45) is 5.92 Å². The Morgan fingerprint density at radius 1 is 0.914 bits per heavy atom. The SMILES string of the molecule is COc1ccc(CCCN2CCC(C(=O)NC(=O)Nc3cc(OC)c(OC)c(OC)c3)CC2)cc1. The molecule has 3 amide bonds. The zero-order valence-corrected chi connectivity index (χ0v) is 20.9. The van der Waals surface area contributed by atoms with Gasteiger partial charge in [0.2, 0.25) is 11.7 Å². The number of aryl methyl sites for hydroxylation is 1. The summed E-state index contributed by atoms with van der Waals surface area (Å²) < 4.78 is 21.1. The Kier molecular flexibility index (Phi) is 9.60. The van der Waals surface area contributed by atoms with Gasteiger partial charge < -0.3 is 29.2 Å². The van der Waals surface area contributed by atoms with Gasteiger partial charge in [0.15, 0.2) is 11.5 Å². The minimum atomic E-state index is -0.591. The van der Waals surface area contributed by atoms with Crippen molar-refractivity contribution in [3.05, 3.63) is 42.0 Å². The van der Waals surface area contributed by atoms with Crippen molar-refractivity contribution in [2.45, 2.75) is 25.7 Å². The maximum Gasteiger partial charge on any atom is 0.325 e. The van der Waals surface area contributed by atoms with Crippen molar-refractivity contribution in [2.75, 3.05) is 53.4 Å². The van der Waals surface area contributed by atoms with Crippen molar-refractivity contribution in [1.82, 2.24) is 10.2 Å². The quantitative estimate of drug-likeness (QED) is 0.529. The van der Waals surface area contributed by atoms with Gasteiger partial charge in [0.05, 0.1) is 34.1 Å². The predicted octanol–water partition coefficient (Wildman–Crippen LogP) is 3.71. The summed E-state index contributed by atoms with van der Waals surface area (Å²) in [6.45, 7) is 2.67. The van der Waals surface area contributed by atoms with Crippen LogP contribution in [0.3, 0.4) is 0 Å². The fraction of sp³-hybridized carbons (Fsp3) is 0.462. The van der Waals surface area contributed by atoms with E-state index in [9.17, 15) is 9.59 Å². The maximum absolute atomic E-state index is 12.6. The van der Waals surface area contributed by atoms with Crippen LogP contribution < -0.4 is 29.6 Å². The molecule has 190 valence electrons. The van der Waals surface area contributed by atoms with Gasteiger partial charge in [-0.1, -0.05) is 12.1 Å². The Bertz CT molecular complexity index is 962. The van der Waals surface area contributed by atoms with Gasteiger partial charge in [-0.25, -0.2) is 4.79 Å². The molecule has 1 heterocycles. The van der Waals surface area contributed by atoms with Crippen LogP contribution in [0.25, 0.3) is 0 Å². The summed E-state index contributed by atoms with van der Waals surface area (Å²) in [5, 5.41) is 5.13. The lowest BCUT2D eigenvalue weighted by Crippen LogP contribution is -2.43. The Morgan fingerprint density at radius 3 is 2.09 bits per heavy atom. The predicted molar refractivity (Wildman–Crippen MR) is 134 cm³/mol.